The van der Waals surface area contributed by atoms with Crippen molar-refractivity contribution in [2.45, 2.75) is 51.4 Å². The first-order valence-corrected chi connectivity index (χ1v) is 5.08. The van der Waals surface area contributed by atoms with Crippen molar-refractivity contribution in [1.82, 2.24) is 0 Å². The molecule has 12 heavy (non-hydrogen) atoms. The van der Waals surface area contributed by atoms with E-state index in [0.29, 0.717) is 0 Å². The molecule has 0 atom stereocenters. The summed E-state index contributed by atoms with van der Waals surface area (Å²) in [6, 6.07) is 0. The Morgan fingerprint density at radius 2 is 0.833 bits per heavy atom. The Morgan fingerprint density at radius 3 is 1.00 bits per heavy atom. The highest BCUT2D eigenvalue weighted by Crippen LogP contribution is 2.15. The van der Waals surface area contributed by atoms with Crippen LogP contribution >= 0.6 is 0 Å². The van der Waals surface area contributed by atoms with Crippen LogP contribution in [0.25, 0.3) is 0 Å². The average Bonchev–Trinajstić information content (AvgIpc) is 2.64. The number of hydrogen-bond donors (Lipinski definition) is 0. The second kappa shape index (κ2) is 9.01. The second-order valence-electron chi connectivity index (χ2n) is 3.44. The lowest BCUT2D eigenvalue weighted by Crippen LogP contribution is -1.85. The quantitative estimate of drug-likeness (QED) is 0.555. The summed E-state index contributed by atoms with van der Waals surface area (Å²) in [5.41, 5.74) is 0. The van der Waals surface area contributed by atoms with Gasteiger partial charge in [-0.2, -0.15) is 0 Å². The van der Waals surface area contributed by atoms with Crippen LogP contribution in [0.4, 0.5) is 0 Å². The van der Waals surface area contributed by atoms with Gasteiger partial charge in [0.2, 0.25) is 0 Å². The van der Waals surface area contributed by atoms with Crippen molar-refractivity contribution in [2.75, 3.05) is 13.2 Å². The molecule has 0 unspecified atom stereocenters. The van der Waals surface area contributed by atoms with Crippen LogP contribution in [0.15, 0.2) is 0 Å². The van der Waals surface area contributed by atoms with Gasteiger partial charge in [0.05, 0.1) is 0 Å². The van der Waals surface area contributed by atoms with Gasteiger partial charge in [0.1, 0.15) is 0 Å². The highest BCUT2D eigenvalue weighted by Gasteiger charge is 1.95. The number of hydrogen-bond acceptors (Lipinski definition) is 1. The van der Waals surface area contributed by atoms with E-state index in [-0.39, 0.29) is 5.48 Å². The maximum absolute atomic E-state index is 4.94. The molecule has 1 saturated heterocycles. The van der Waals surface area contributed by atoms with Gasteiger partial charge in [-0.3, -0.25) is 0 Å². The Kier molecular flexibility index (Phi) is 8.95. The van der Waals surface area contributed by atoms with Gasteiger partial charge < -0.3 is 10.2 Å². The fourth-order valence-corrected chi connectivity index (χ4v) is 1.57. The summed E-state index contributed by atoms with van der Waals surface area (Å²) in [5, 5.41) is 0. The van der Waals surface area contributed by atoms with Crippen LogP contribution in [0.2, 0.25) is 0 Å². The third-order valence-electron chi connectivity index (χ3n) is 2.33. The zero-order chi connectivity index (χ0) is 7.78. The van der Waals surface area contributed by atoms with Crippen LogP contribution in [0.1, 0.15) is 51.4 Å². The van der Waals surface area contributed by atoms with Crippen molar-refractivity contribution in [1.29, 1.82) is 0 Å². The summed E-state index contributed by atoms with van der Waals surface area (Å²) in [5.74, 6) is 0. The Bertz CT molecular complexity index is 56.8. The molecule has 0 spiro atoms. The predicted molar refractivity (Wildman–Crippen MR) is 51.4 cm³/mol. The maximum Gasteiger partial charge on any atom is 0.0466 e. The molecule has 1 aliphatic carbocycles. The summed E-state index contributed by atoms with van der Waals surface area (Å²) in [6.45, 7) is 2.00. The minimum absolute atomic E-state index is 0. The summed E-state index contributed by atoms with van der Waals surface area (Å²) >= 11 is 0. The first kappa shape index (κ1) is 11.9. The molecule has 2 fully saturated rings. The normalized spacial score (nSPS) is 22.0. The fourth-order valence-electron chi connectivity index (χ4n) is 1.57. The lowest BCUT2D eigenvalue weighted by atomic mass is 10.0. The van der Waals surface area contributed by atoms with Gasteiger partial charge in [-0.25, -0.2) is 0 Å². The summed E-state index contributed by atoms with van der Waals surface area (Å²) in [7, 11) is 0. The lowest BCUT2D eigenvalue weighted by Gasteiger charge is -2.05. The van der Waals surface area contributed by atoms with Gasteiger partial charge in [0, 0.05) is 13.2 Å². The molecule has 2 nitrogen and oxygen atoms in total. The smallest absolute Gasteiger partial charge is 0.0466 e. The third-order valence-corrected chi connectivity index (χ3v) is 2.33. The zero-order valence-electron chi connectivity index (χ0n) is 7.98. The van der Waals surface area contributed by atoms with Crippen LogP contribution < -0.4 is 0 Å². The van der Waals surface area contributed by atoms with E-state index in [1.807, 2.05) is 0 Å². The molecule has 2 heteroatoms. The lowest BCUT2D eigenvalue weighted by molar-refractivity contribution is 0.198. The molecule has 0 aromatic carbocycles. The molecule has 74 valence electrons. The van der Waals surface area contributed by atoms with Gasteiger partial charge >= 0.3 is 0 Å². The molecule has 1 heterocycles. The SMILES string of the molecule is C1CCCCC1.C1CCOC1.O. The average molecular weight is 174 g/mol. The van der Waals surface area contributed by atoms with E-state index >= 15 is 0 Å². The standard InChI is InChI=1S/C6H12.C4H8O.H2O/c1-2-4-6-5-3-1;1-2-4-5-3-1;/h1-6H2;1-4H2;1H2. The second-order valence-corrected chi connectivity index (χ2v) is 3.44. The molecule has 1 aliphatic heterocycles. The van der Waals surface area contributed by atoms with Gasteiger partial charge in [-0.1, -0.05) is 38.5 Å². The Morgan fingerprint density at radius 1 is 0.500 bits per heavy atom. The van der Waals surface area contributed by atoms with Crippen LogP contribution in [0, 0.1) is 0 Å². The Hall–Kier alpha value is -0.0800. The van der Waals surface area contributed by atoms with Crippen molar-refractivity contribution >= 4 is 0 Å². The van der Waals surface area contributed by atoms with Crippen molar-refractivity contribution < 1.29 is 10.2 Å². The van der Waals surface area contributed by atoms with Crippen molar-refractivity contribution in [2.24, 2.45) is 0 Å². The molecular weight excluding hydrogens is 152 g/mol. The molecule has 0 aromatic rings. The molecule has 2 rings (SSSR count). The highest BCUT2D eigenvalue weighted by atomic mass is 16.5. The number of rotatable bonds is 0. The first-order valence-electron chi connectivity index (χ1n) is 5.08. The van der Waals surface area contributed by atoms with Gasteiger partial charge in [-0.05, 0) is 12.8 Å². The van der Waals surface area contributed by atoms with E-state index < -0.39 is 0 Å². The summed E-state index contributed by atoms with van der Waals surface area (Å²) in [4.78, 5) is 0. The highest BCUT2D eigenvalue weighted by molar-refractivity contribution is 4.51. The zero-order valence-corrected chi connectivity index (χ0v) is 7.98. The third kappa shape index (κ3) is 6.62. The molecule has 0 amide bonds. The molecule has 0 radical (unpaired) electrons. The van der Waals surface area contributed by atoms with E-state index in [1.165, 1.54) is 51.4 Å². The van der Waals surface area contributed by atoms with Gasteiger partial charge in [0.25, 0.3) is 0 Å². The minimum Gasteiger partial charge on any atom is -0.412 e. The molecule has 0 bridgehead atoms. The van der Waals surface area contributed by atoms with Crippen molar-refractivity contribution in [3.63, 3.8) is 0 Å². The topological polar surface area (TPSA) is 40.7 Å². The Balaban J connectivity index is 0.000000189. The number of ether oxygens (including phenoxy) is 1. The molecule has 2 N–H and O–H groups in total. The van der Waals surface area contributed by atoms with E-state index in [1.54, 1.807) is 0 Å². The maximum atomic E-state index is 4.94. The molecule has 2 aliphatic rings. The van der Waals surface area contributed by atoms with Gasteiger partial charge in [-0.15, -0.1) is 0 Å². The first-order chi connectivity index (χ1) is 5.50. The summed E-state index contributed by atoms with van der Waals surface area (Å²) < 4.78 is 4.94. The van der Waals surface area contributed by atoms with Crippen LogP contribution in [0.5, 0.6) is 0 Å². The van der Waals surface area contributed by atoms with Crippen molar-refractivity contribution in [3.8, 4) is 0 Å². The largest absolute Gasteiger partial charge is 0.412 e. The van der Waals surface area contributed by atoms with Crippen LogP contribution in [-0.4, -0.2) is 18.7 Å². The fraction of sp³-hybridized carbons (Fsp3) is 1.00. The summed E-state index contributed by atoms with van der Waals surface area (Å²) in [6.07, 6.45) is 11.6. The van der Waals surface area contributed by atoms with Crippen LogP contribution in [0.3, 0.4) is 0 Å². The van der Waals surface area contributed by atoms with E-state index in [9.17, 15) is 0 Å². The Labute approximate surface area is 75.6 Å². The van der Waals surface area contributed by atoms with E-state index in [0.717, 1.165) is 13.2 Å². The monoisotopic (exact) mass is 174 g/mol. The van der Waals surface area contributed by atoms with Gasteiger partial charge in [0.15, 0.2) is 0 Å². The van der Waals surface area contributed by atoms with E-state index in [2.05, 4.69) is 0 Å². The molecule has 0 aromatic heterocycles. The molecular formula is C10H22O2. The van der Waals surface area contributed by atoms with Crippen LogP contribution in [-0.2, 0) is 4.74 Å². The minimum atomic E-state index is 0. The van der Waals surface area contributed by atoms with E-state index in [4.69, 9.17) is 4.74 Å². The predicted octanol–water partition coefficient (Wildman–Crippen LogP) is 2.31. The molecule has 1 saturated carbocycles. The van der Waals surface area contributed by atoms with Crippen molar-refractivity contribution in [3.05, 3.63) is 0 Å².